The zero-order valence-electron chi connectivity index (χ0n) is 20.1. The fraction of sp³-hybridized carbons (Fsp3) is 0.522. The van der Waals surface area contributed by atoms with Crippen molar-refractivity contribution in [1.82, 2.24) is 14.9 Å². The lowest BCUT2D eigenvalue weighted by molar-refractivity contribution is -0.163. The van der Waals surface area contributed by atoms with Gasteiger partial charge in [-0.2, -0.15) is 0 Å². The maximum atomic E-state index is 12.9. The van der Waals surface area contributed by atoms with E-state index in [4.69, 9.17) is 4.84 Å². The van der Waals surface area contributed by atoms with Gasteiger partial charge in [0, 0.05) is 40.8 Å². The molecule has 196 valence electrons. The Balaban J connectivity index is 1.40. The second kappa shape index (κ2) is 10.5. The molecule has 11 nitrogen and oxygen atoms in total. The number of aliphatic hydroxyl groups is 1. The Labute approximate surface area is 214 Å². The lowest BCUT2D eigenvalue weighted by Gasteiger charge is -2.46. The van der Waals surface area contributed by atoms with Crippen molar-refractivity contribution in [2.24, 2.45) is 17.0 Å². The fourth-order valence-corrected chi connectivity index (χ4v) is 7.78. The Morgan fingerprint density at radius 3 is 2.67 bits per heavy atom. The molecular formula is C23H30N4O7S2. The molecule has 13 heteroatoms. The molecule has 1 amide bonds. The summed E-state index contributed by atoms with van der Waals surface area (Å²) < 4.78 is 28.4. The summed E-state index contributed by atoms with van der Waals surface area (Å²) in [7, 11) is -2.67. The summed E-state index contributed by atoms with van der Waals surface area (Å²) in [5.74, 6) is -2.34. The third kappa shape index (κ3) is 4.90. The standard InChI is InChI=1S/C23H30N4O7S2/c1-12-18-17(13(2)28)22(29)27(18)19(23(30)31)20(12)35-16-9-15(24-11-16)10-25-36(32,33)21(26-34-3)14-7-5-4-6-8-14/h4-8,12-13,15-18,24-25,28H,9-11H2,1-3H3,(H,30,31)/b26-21+/t12?,13-,15+,16+,17-,18-/m1/s1. The molecule has 1 aromatic carbocycles. The number of hydrogen-bond donors (Lipinski definition) is 4. The van der Waals surface area contributed by atoms with E-state index >= 15 is 0 Å². The van der Waals surface area contributed by atoms with E-state index in [-0.39, 0.29) is 46.4 Å². The van der Waals surface area contributed by atoms with Crippen molar-refractivity contribution in [2.45, 2.75) is 43.7 Å². The molecule has 1 aromatic rings. The van der Waals surface area contributed by atoms with Crippen molar-refractivity contribution in [3.05, 3.63) is 46.5 Å². The third-order valence-corrected chi connectivity index (χ3v) is 9.63. The minimum atomic E-state index is -3.95. The van der Waals surface area contributed by atoms with Gasteiger partial charge in [-0.25, -0.2) is 17.9 Å². The minimum Gasteiger partial charge on any atom is -0.477 e. The number of aliphatic hydroxyl groups excluding tert-OH is 1. The number of carbonyl (C=O) groups is 2. The van der Waals surface area contributed by atoms with Crippen LogP contribution in [0.3, 0.4) is 0 Å². The van der Waals surface area contributed by atoms with Gasteiger partial charge in [0.2, 0.25) is 11.0 Å². The number of fused-ring (bicyclic) bond motifs is 1. The largest absolute Gasteiger partial charge is 0.477 e. The number of sulfonamides is 1. The van der Waals surface area contributed by atoms with Gasteiger partial charge in [-0.3, -0.25) is 4.79 Å². The molecule has 0 bridgehead atoms. The summed E-state index contributed by atoms with van der Waals surface area (Å²) >= 11 is 1.41. The number of β-lactam (4-membered cyclic amide) rings is 1. The number of carboxylic acids is 1. The number of thioether (sulfide) groups is 1. The Kier molecular flexibility index (Phi) is 7.76. The van der Waals surface area contributed by atoms with E-state index in [1.807, 2.05) is 6.92 Å². The first-order valence-corrected chi connectivity index (χ1v) is 14.0. The van der Waals surface area contributed by atoms with Crippen molar-refractivity contribution >= 4 is 38.7 Å². The molecule has 0 saturated carbocycles. The summed E-state index contributed by atoms with van der Waals surface area (Å²) in [5.41, 5.74) is 0.393. The minimum absolute atomic E-state index is 0.00756. The lowest BCUT2D eigenvalue weighted by atomic mass is 9.79. The number of carbonyl (C=O) groups excluding carboxylic acids is 1. The van der Waals surface area contributed by atoms with Gasteiger partial charge in [0.1, 0.15) is 12.8 Å². The van der Waals surface area contributed by atoms with Crippen LogP contribution in [0.2, 0.25) is 0 Å². The molecule has 0 aliphatic carbocycles. The van der Waals surface area contributed by atoms with Crippen LogP contribution in [0.25, 0.3) is 0 Å². The number of benzene rings is 1. The molecular weight excluding hydrogens is 508 g/mol. The van der Waals surface area contributed by atoms with Gasteiger partial charge < -0.3 is 25.3 Å². The van der Waals surface area contributed by atoms with Crippen molar-refractivity contribution in [2.75, 3.05) is 20.2 Å². The van der Waals surface area contributed by atoms with Crippen LogP contribution in [0.5, 0.6) is 0 Å². The topological polar surface area (TPSA) is 158 Å². The van der Waals surface area contributed by atoms with Crippen LogP contribution in [-0.2, 0) is 24.4 Å². The van der Waals surface area contributed by atoms with Gasteiger partial charge in [0.25, 0.3) is 10.0 Å². The predicted molar refractivity (Wildman–Crippen MR) is 134 cm³/mol. The average Bonchev–Trinajstić information content (AvgIpc) is 3.37. The molecule has 3 heterocycles. The number of rotatable bonds is 9. The number of hydrogen-bond acceptors (Lipinski definition) is 9. The number of carboxylic acid groups (broad SMARTS) is 1. The number of aliphatic carboxylic acids is 1. The summed E-state index contributed by atoms with van der Waals surface area (Å²) in [5, 5.41) is 26.6. The van der Waals surface area contributed by atoms with E-state index in [1.54, 1.807) is 37.3 Å². The number of nitrogens with one attached hydrogen (secondary N) is 2. The molecule has 1 unspecified atom stereocenters. The van der Waals surface area contributed by atoms with E-state index in [9.17, 15) is 28.2 Å². The highest BCUT2D eigenvalue weighted by atomic mass is 32.2. The highest BCUT2D eigenvalue weighted by Crippen LogP contribution is 2.51. The first-order valence-electron chi connectivity index (χ1n) is 11.6. The predicted octanol–water partition coefficient (Wildman–Crippen LogP) is 0.531. The van der Waals surface area contributed by atoms with Crippen molar-refractivity contribution in [3.63, 3.8) is 0 Å². The average molecular weight is 539 g/mol. The molecule has 4 rings (SSSR count). The molecule has 0 aromatic heterocycles. The molecule has 4 N–H and O–H groups in total. The van der Waals surface area contributed by atoms with Crippen molar-refractivity contribution < 1.29 is 33.1 Å². The quantitative estimate of drug-likeness (QED) is 0.152. The zero-order chi connectivity index (χ0) is 26.2. The smallest absolute Gasteiger partial charge is 0.353 e. The highest BCUT2D eigenvalue weighted by molar-refractivity contribution is 8.05. The van der Waals surface area contributed by atoms with Crippen LogP contribution in [0.15, 0.2) is 46.1 Å². The summed E-state index contributed by atoms with van der Waals surface area (Å²) in [6.07, 6.45) is -0.259. The van der Waals surface area contributed by atoms with Gasteiger partial charge >= 0.3 is 5.97 Å². The van der Waals surface area contributed by atoms with Gasteiger partial charge in [-0.15, -0.1) is 11.8 Å². The van der Waals surface area contributed by atoms with Crippen LogP contribution in [0, 0.1) is 11.8 Å². The van der Waals surface area contributed by atoms with Gasteiger partial charge in [0.05, 0.1) is 18.1 Å². The van der Waals surface area contributed by atoms with Crippen LogP contribution < -0.4 is 10.0 Å². The van der Waals surface area contributed by atoms with Gasteiger partial charge in [-0.1, -0.05) is 42.4 Å². The van der Waals surface area contributed by atoms with Gasteiger partial charge in [-0.05, 0) is 13.3 Å². The third-order valence-electron chi connectivity index (χ3n) is 6.76. The fourth-order valence-electron chi connectivity index (χ4n) is 5.08. The Bertz CT molecular complexity index is 1190. The molecule has 3 aliphatic rings. The first kappa shape index (κ1) is 26.6. The normalized spacial score (nSPS) is 29.2. The highest BCUT2D eigenvalue weighted by Gasteiger charge is 2.60. The molecule has 2 saturated heterocycles. The second-order valence-electron chi connectivity index (χ2n) is 9.15. The first-order chi connectivity index (χ1) is 17.1. The molecule has 6 atom stereocenters. The maximum Gasteiger partial charge on any atom is 0.353 e. The monoisotopic (exact) mass is 538 g/mol. The SMILES string of the molecule is CO/N=C(\c1ccccc1)S(=O)(=O)NC[C@@H]1C[C@H](SC2=C(C(=O)O)N3C(=O)[C@H]([C@@H](C)O)[C@H]3C2C)CN1. The zero-order valence-corrected chi connectivity index (χ0v) is 21.8. The number of amides is 1. The molecule has 0 radical (unpaired) electrons. The van der Waals surface area contributed by atoms with E-state index in [2.05, 4.69) is 15.2 Å². The van der Waals surface area contributed by atoms with Crippen molar-refractivity contribution in [1.29, 1.82) is 0 Å². The maximum absolute atomic E-state index is 12.9. The Morgan fingerprint density at radius 2 is 2.06 bits per heavy atom. The molecule has 0 spiro atoms. The van der Waals surface area contributed by atoms with E-state index in [0.717, 1.165) is 0 Å². The van der Waals surface area contributed by atoms with Crippen LogP contribution in [0.4, 0.5) is 0 Å². The Hall–Kier alpha value is -2.45. The van der Waals surface area contributed by atoms with Crippen LogP contribution in [-0.4, -0.2) is 84.1 Å². The van der Waals surface area contributed by atoms with Crippen LogP contribution in [0.1, 0.15) is 25.8 Å². The molecule has 36 heavy (non-hydrogen) atoms. The lowest BCUT2D eigenvalue weighted by Crippen LogP contribution is -2.63. The van der Waals surface area contributed by atoms with E-state index < -0.39 is 28.0 Å². The van der Waals surface area contributed by atoms with Gasteiger partial charge in [0.15, 0.2) is 0 Å². The summed E-state index contributed by atoms with van der Waals surface area (Å²) in [6, 6.07) is 7.91. The van der Waals surface area contributed by atoms with Crippen molar-refractivity contribution in [3.8, 4) is 0 Å². The molecule has 3 aliphatic heterocycles. The van der Waals surface area contributed by atoms with Crippen LogP contribution >= 0.6 is 11.8 Å². The van der Waals surface area contributed by atoms with E-state index in [1.165, 1.54) is 23.8 Å². The van der Waals surface area contributed by atoms with E-state index in [0.29, 0.717) is 23.4 Å². The summed E-state index contributed by atoms with van der Waals surface area (Å²) in [4.78, 5) is 31.2. The summed E-state index contributed by atoms with van der Waals surface area (Å²) in [6.45, 7) is 4.10. The second-order valence-corrected chi connectivity index (χ2v) is 12.2. The number of oxime groups is 1. The Morgan fingerprint density at radius 1 is 1.36 bits per heavy atom. The molecule has 2 fully saturated rings. The number of nitrogens with zero attached hydrogens (tertiary/aromatic N) is 2.